The van der Waals surface area contributed by atoms with Crippen LogP contribution in [0.25, 0.3) is 28.1 Å². The van der Waals surface area contributed by atoms with Gasteiger partial charge in [-0.3, -0.25) is 0 Å². The first-order valence-corrected chi connectivity index (χ1v) is 5.04. The molecule has 0 unspecified atom stereocenters. The van der Waals surface area contributed by atoms with Crippen LogP contribution in [0, 0.1) is 0 Å². The van der Waals surface area contributed by atoms with Gasteiger partial charge in [0, 0.05) is 6.20 Å². The Kier molecular flexibility index (Phi) is 1.28. The number of pyridine rings is 1. The van der Waals surface area contributed by atoms with E-state index in [2.05, 4.69) is 9.97 Å². The van der Waals surface area contributed by atoms with Crippen LogP contribution in [-0.4, -0.2) is 14.4 Å². The van der Waals surface area contributed by atoms with Crippen molar-refractivity contribution in [3.05, 3.63) is 42.6 Å². The summed E-state index contributed by atoms with van der Waals surface area (Å²) in [5.74, 6) is 0.593. The standard InChI is InChI=1S/C12H7N3O/c1-2-5-9-8(4-1)14-12-15(9)11-10(16-12)6-3-7-13-11/h1-7H. The molecule has 0 aliphatic rings. The van der Waals surface area contributed by atoms with Crippen molar-refractivity contribution in [2.75, 3.05) is 0 Å². The minimum absolute atomic E-state index is 0.593. The van der Waals surface area contributed by atoms with Crippen LogP contribution < -0.4 is 0 Å². The molecule has 0 saturated carbocycles. The number of imidazole rings is 1. The van der Waals surface area contributed by atoms with E-state index in [1.165, 1.54) is 0 Å². The summed E-state index contributed by atoms with van der Waals surface area (Å²) in [6.07, 6.45) is 1.76. The van der Waals surface area contributed by atoms with Gasteiger partial charge in [0.15, 0.2) is 11.2 Å². The number of hydrogen-bond donors (Lipinski definition) is 0. The average molecular weight is 209 g/mol. The van der Waals surface area contributed by atoms with Crippen molar-refractivity contribution in [2.24, 2.45) is 0 Å². The molecule has 0 amide bonds. The summed E-state index contributed by atoms with van der Waals surface area (Å²) in [5.41, 5.74) is 3.52. The van der Waals surface area contributed by atoms with Crippen molar-refractivity contribution in [3.8, 4) is 0 Å². The maximum atomic E-state index is 5.63. The number of rotatable bonds is 0. The van der Waals surface area contributed by atoms with E-state index in [4.69, 9.17) is 4.42 Å². The number of fused-ring (bicyclic) bond motifs is 5. The van der Waals surface area contributed by atoms with Crippen molar-refractivity contribution in [3.63, 3.8) is 0 Å². The van der Waals surface area contributed by atoms with Gasteiger partial charge in [0.25, 0.3) is 0 Å². The maximum absolute atomic E-state index is 5.63. The number of aromatic nitrogens is 3. The third-order valence-electron chi connectivity index (χ3n) is 2.69. The maximum Gasteiger partial charge on any atom is 0.309 e. The molecule has 76 valence electrons. The zero-order valence-corrected chi connectivity index (χ0v) is 8.29. The lowest BCUT2D eigenvalue weighted by Gasteiger charge is -1.90. The van der Waals surface area contributed by atoms with Crippen molar-refractivity contribution >= 4 is 28.1 Å². The van der Waals surface area contributed by atoms with Crippen molar-refractivity contribution in [1.29, 1.82) is 0 Å². The first-order valence-electron chi connectivity index (χ1n) is 5.04. The number of hydrogen-bond acceptors (Lipinski definition) is 3. The molecule has 16 heavy (non-hydrogen) atoms. The van der Waals surface area contributed by atoms with E-state index < -0.39 is 0 Å². The first-order chi connectivity index (χ1) is 7.93. The highest BCUT2D eigenvalue weighted by molar-refractivity contribution is 5.85. The van der Waals surface area contributed by atoms with Gasteiger partial charge in [-0.1, -0.05) is 12.1 Å². The molecule has 0 aliphatic carbocycles. The molecule has 3 heterocycles. The molecule has 4 rings (SSSR count). The fourth-order valence-electron chi connectivity index (χ4n) is 2.01. The Balaban J connectivity index is 2.38. The second-order valence-corrected chi connectivity index (χ2v) is 3.65. The number of benzene rings is 1. The second-order valence-electron chi connectivity index (χ2n) is 3.65. The molecular weight excluding hydrogens is 202 g/mol. The van der Waals surface area contributed by atoms with Gasteiger partial charge in [0.2, 0.25) is 0 Å². The Bertz CT molecular complexity index is 747. The smallest absolute Gasteiger partial charge is 0.309 e. The predicted molar refractivity (Wildman–Crippen MR) is 60.3 cm³/mol. The number of nitrogens with zero attached hydrogens (tertiary/aromatic N) is 3. The summed E-state index contributed by atoms with van der Waals surface area (Å²) < 4.78 is 7.56. The molecule has 0 bridgehead atoms. The Morgan fingerprint density at radius 3 is 3.00 bits per heavy atom. The molecular formula is C12H7N3O. The zero-order valence-electron chi connectivity index (χ0n) is 8.29. The van der Waals surface area contributed by atoms with Gasteiger partial charge in [-0.15, -0.1) is 0 Å². The van der Waals surface area contributed by atoms with E-state index in [-0.39, 0.29) is 0 Å². The van der Waals surface area contributed by atoms with Crippen LogP contribution in [0.2, 0.25) is 0 Å². The van der Waals surface area contributed by atoms with Crippen LogP contribution in [0.15, 0.2) is 47.0 Å². The summed E-state index contributed by atoms with van der Waals surface area (Å²) in [6.45, 7) is 0. The molecule has 4 nitrogen and oxygen atoms in total. The van der Waals surface area contributed by atoms with E-state index in [0.717, 1.165) is 22.3 Å². The molecule has 0 fully saturated rings. The van der Waals surface area contributed by atoms with Crippen LogP contribution >= 0.6 is 0 Å². The molecule has 1 aromatic carbocycles. The molecule has 0 aliphatic heterocycles. The zero-order chi connectivity index (χ0) is 10.5. The Morgan fingerprint density at radius 1 is 1.06 bits per heavy atom. The summed E-state index contributed by atoms with van der Waals surface area (Å²) in [5, 5.41) is 0. The third kappa shape index (κ3) is 0.839. The summed E-state index contributed by atoms with van der Waals surface area (Å²) in [4.78, 5) is 8.73. The average Bonchev–Trinajstić information content (AvgIpc) is 2.83. The van der Waals surface area contributed by atoms with E-state index in [1.807, 2.05) is 40.8 Å². The molecule has 0 saturated heterocycles. The van der Waals surface area contributed by atoms with E-state index in [9.17, 15) is 0 Å². The molecule has 0 spiro atoms. The highest BCUT2D eigenvalue weighted by atomic mass is 16.4. The lowest BCUT2D eigenvalue weighted by Crippen LogP contribution is -1.82. The largest absolute Gasteiger partial charge is 0.421 e. The lowest BCUT2D eigenvalue weighted by atomic mass is 10.3. The van der Waals surface area contributed by atoms with Crippen molar-refractivity contribution < 1.29 is 4.42 Å². The fourth-order valence-corrected chi connectivity index (χ4v) is 2.01. The van der Waals surface area contributed by atoms with E-state index in [1.54, 1.807) is 6.20 Å². The topological polar surface area (TPSA) is 43.3 Å². The van der Waals surface area contributed by atoms with Gasteiger partial charge in [-0.25, -0.2) is 9.38 Å². The molecule has 4 aromatic rings. The third-order valence-corrected chi connectivity index (χ3v) is 2.69. The molecule has 3 aromatic heterocycles. The van der Waals surface area contributed by atoms with Gasteiger partial charge < -0.3 is 4.42 Å². The monoisotopic (exact) mass is 209 g/mol. The number of oxazole rings is 1. The molecule has 0 N–H and O–H groups in total. The number of para-hydroxylation sites is 2. The van der Waals surface area contributed by atoms with Crippen molar-refractivity contribution in [1.82, 2.24) is 14.4 Å². The van der Waals surface area contributed by atoms with Gasteiger partial charge in [0.1, 0.15) is 0 Å². The van der Waals surface area contributed by atoms with Crippen LogP contribution in [0.5, 0.6) is 0 Å². The van der Waals surface area contributed by atoms with Gasteiger partial charge in [-0.2, -0.15) is 4.98 Å². The van der Waals surface area contributed by atoms with Crippen molar-refractivity contribution in [2.45, 2.75) is 0 Å². The summed E-state index contributed by atoms with van der Waals surface area (Å²) in [7, 11) is 0. The predicted octanol–water partition coefficient (Wildman–Crippen LogP) is 2.63. The lowest BCUT2D eigenvalue weighted by molar-refractivity contribution is 0.643. The van der Waals surface area contributed by atoms with Crippen LogP contribution in [0.1, 0.15) is 0 Å². The highest BCUT2D eigenvalue weighted by Gasteiger charge is 2.12. The van der Waals surface area contributed by atoms with E-state index in [0.29, 0.717) is 5.84 Å². The summed E-state index contributed by atoms with van der Waals surface area (Å²) in [6, 6.07) is 11.7. The first kappa shape index (κ1) is 7.87. The Labute approximate surface area is 90.1 Å². The minimum Gasteiger partial charge on any atom is -0.421 e. The molecule has 0 radical (unpaired) electrons. The fraction of sp³-hybridized carbons (Fsp3) is 0. The van der Waals surface area contributed by atoms with Crippen LogP contribution in [0.3, 0.4) is 0 Å². The summed E-state index contributed by atoms with van der Waals surface area (Å²) >= 11 is 0. The molecule has 0 atom stereocenters. The normalized spacial score (nSPS) is 11.8. The Morgan fingerprint density at radius 2 is 2.00 bits per heavy atom. The van der Waals surface area contributed by atoms with Crippen LogP contribution in [-0.2, 0) is 0 Å². The van der Waals surface area contributed by atoms with Gasteiger partial charge in [0.05, 0.1) is 11.0 Å². The second kappa shape index (κ2) is 2.61. The quantitative estimate of drug-likeness (QED) is 0.447. The SMILES string of the molecule is c1ccc2c(c1)nc1oc3cccnc3n12. The highest BCUT2D eigenvalue weighted by Crippen LogP contribution is 2.23. The van der Waals surface area contributed by atoms with Crippen LogP contribution in [0.4, 0.5) is 0 Å². The van der Waals surface area contributed by atoms with Gasteiger partial charge in [-0.05, 0) is 24.3 Å². The Hall–Kier alpha value is -2.36. The van der Waals surface area contributed by atoms with Gasteiger partial charge >= 0.3 is 5.84 Å². The minimum atomic E-state index is 0.593. The molecule has 4 heteroatoms. The van der Waals surface area contributed by atoms with E-state index >= 15 is 0 Å².